The molecule has 0 bridgehead atoms. The van der Waals surface area contributed by atoms with Gasteiger partial charge in [-0.25, -0.2) is 0 Å². The van der Waals surface area contributed by atoms with Crippen molar-refractivity contribution in [3.8, 4) is 0 Å². The summed E-state index contributed by atoms with van der Waals surface area (Å²) in [6.45, 7) is 1.38. The van der Waals surface area contributed by atoms with Crippen molar-refractivity contribution in [2.75, 3.05) is 0 Å². The number of rotatable bonds is 6. The van der Waals surface area contributed by atoms with Gasteiger partial charge in [0, 0.05) is 35.4 Å². The Morgan fingerprint density at radius 3 is 1.33 bits per heavy atom. The molecule has 0 saturated heterocycles. The monoisotopic (exact) mass is 288 g/mol. The third kappa shape index (κ3) is 4.08. The number of hydrogen-bond donors (Lipinski definition) is 1. The second kappa shape index (κ2) is 6.58. The number of quaternary nitrogens is 1. The van der Waals surface area contributed by atoms with Crippen molar-refractivity contribution in [3.05, 3.63) is 79.9 Å². The maximum absolute atomic E-state index is 10.5. The summed E-state index contributed by atoms with van der Waals surface area (Å²) < 4.78 is 0. The van der Waals surface area contributed by atoms with Crippen molar-refractivity contribution in [2.45, 2.75) is 13.1 Å². The molecule has 0 saturated carbocycles. The van der Waals surface area contributed by atoms with E-state index in [-0.39, 0.29) is 11.4 Å². The molecule has 2 N–H and O–H groups in total. The number of nitro groups is 2. The van der Waals surface area contributed by atoms with E-state index in [1.807, 2.05) is 5.32 Å². The Labute approximate surface area is 120 Å². The third-order valence-corrected chi connectivity index (χ3v) is 3.05. The molecule has 0 aliphatic rings. The molecule has 7 heteroatoms. The van der Waals surface area contributed by atoms with E-state index >= 15 is 0 Å². The van der Waals surface area contributed by atoms with E-state index in [1.165, 1.54) is 24.3 Å². The van der Waals surface area contributed by atoms with Crippen LogP contribution < -0.4 is 5.32 Å². The molecule has 21 heavy (non-hydrogen) atoms. The van der Waals surface area contributed by atoms with E-state index in [4.69, 9.17) is 0 Å². The molecule has 0 aliphatic carbocycles. The molecule has 2 aromatic rings. The summed E-state index contributed by atoms with van der Waals surface area (Å²) in [7, 11) is 0. The Bertz CT molecular complexity index is 581. The largest absolute Gasteiger partial charge is 0.339 e. The Morgan fingerprint density at radius 1 is 0.714 bits per heavy atom. The highest BCUT2D eigenvalue weighted by Crippen LogP contribution is 2.12. The van der Waals surface area contributed by atoms with Crippen LogP contribution in [0, 0.1) is 20.2 Å². The van der Waals surface area contributed by atoms with Crippen molar-refractivity contribution in [1.82, 2.24) is 0 Å². The smallest absolute Gasteiger partial charge is 0.269 e. The van der Waals surface area contributed by atoms with Crippen molar-refractivity contribution in [2.24, 2.45) is 0 Å². The highest BCUT2D eigenvalue weighted by molar-refractivity contribution is 5.33. The lowest BCUT2D eigenvalue weighted by atomic mass is 10.2. The van der Waals surface area contributed by atoms with Crippen LogP contribution >= 0.6 is 0 Å². The molecule has 0 heterocycles. The van der Waals surface area contributed by atoms with Crippen molar-refractivity contribution in [1.29, 1.82) is 0 Å². The van der Waals surface area contributed by atoms with Crippen LogP contribution in [0.5, 0.6) is 0 Å². The maximum Gasteiger partial charge on any atom is 0.269 e. The summed E-state index contributed by atoms with van der Waals surface area (Å²) in [5.41, 5.74) is 2.13. The lowest BCUT2D eigenvalue weighted by Crippen LogP contribution is -2.80. The molecule has 7 nitrogen and oxygen atoms in total. The first-order valence-electron chi connectivity index (χ1n) is 6.34. The molecule has 0 aliphatic heterocycles. The van der Waals surface area contributed by atoms with Crippen LogP contribution in [0.1, 0.15) is 11.1 Å². The van der Waals surface area contributed by atoms with Gasteiger partial charge >= 0.3 is 0 Å². The summed E-state index contributed by atoms with van der Waals surface area (Å²) >= 11 is 0. The lowest BCUT2D eigenvalue weighted by molar-refractivity contribution is -0.686. The molecule has 2 aromatic carbocycles. The average molecular weight is 288 g/mol. The molecule has 0 spiro atoms. The molecule has 108 valence electrons. The minimum absolute atomic E-state index is 0.0779. The van der Waals surface area contributed by atoms with Crippen LogP contribution in [-0.4, -0.2) is 9.85 Å². The van der Waals surface area contributed by atoms with E-state index in [0.717, 1.165) is 11.1 Å². The van der Waals surface area contributed by atoms with Gasteiger partial charge in [0.05, 0.1) is 9.85 Å². The number of non-ortho nitro benzene ring substituents is 2. The van der Waals surface area contributed by atoms with E-state index in [2.05, 4.69) is 0 Å². The first-order chi connectivity index (χ1) is 10.1. The molecule has 0 radical (unpaired) electrons. The van der Waals surface area contributed by atoms with E-state index in [1.54, 1.807) is 24.3 Å². The summed E-state index contributed by atoms with van der Waals surface area (Å²) in [6.07, 6.45) is 0. The number of hydrogen-bond acceptors (Lipinski definition) is 4. The molecule has 2 rings (SSSR count). The van der Waals surface area contributed by atoms with Crippen LogP contribution in [0.3, 0.4) is 0 Å². The van der Waals surface area contributed by atoms with Gasteiger partial charge in [0.15, 0.2) is 0 Å². The Balaban J connectivity index is 1.86. The van der Waals surface area contributed by atoms with E-state index in [0.29, 0.717) is 13.1 Å². The van der Waals surface area contributed by atoms with Gasteiger partial charge in [-0.05, 0) is 24.3 Å². The fraction of sp³-hybridized carbons (Fsp3) is 0.143. The summed E-state index contributed by atoms with van der Waals surface area (Å²) in [5, 5.41) is 23.1. The number of nitrogens with two attached hydrogens (primary N) is 1. The minimum Gasteiger partial charge on any atom is -0.339 e. The quantitative estimate of drug-likeness (QED) is 0.646. The average Bonchev–Trinajstić information content (AvgIpc) is 2.48. The van der Waals surface area contributed by atoms with E-state index < -0.39 is 9.85 Å². The summed E-state index contributed by atoms with van der Waals surface area (Å²) in [5.74, 6) is 0. The summed E-state index contributed by atoms with van der Waals surface area (Å²) in [6, 6.07) is 12.8. The highest BCUT2D eigenvalue weighted by Gasteiger charge is 2.06. The fourth-order valence-electron chi connectivity index (χ4n) is 1.91. The summed E-state index contributed by atoms with van der Waals surface area (Å²) in [4.78, 5) is 20.2. The molecule has 0 atom stereocenters. The van der Waals surface area contributed by atoms with Crippen LogP contribution in [0.4, 0.5) is 11.4 Å². The molecule has 0 aromatic heterocycles. The highest BCUT2D eigenvalue weighted by atomic mass is 16.6. The SMILES string of the molecule is O=[N+]([O-])c1ccc(C[NH2+]Cc2ccc([N+](=O)[O-])cc2)cc1. The second-order valence-electron chi connectivity index (χ2n) is 4.54. The Hall–Kier alpha value is -2.80. The minimum atomic E-state index is -0.426. The van der Waals surface area contributed by atoms with Crippen LogP contribution in [0.25, 0.3) is 0 Å². The zero-order valence-electron chi connectivity index (χ0n) is 11.1. The molecule has 0 unspecified atom stereocenters. The predicted molar refractivity (Wildman–Crippen MR) is 75.5 cm³/mol. The molecule has 0 amide bonds. The zero-order chi connectivity index (χ0) is 15.2. The van der Waals surface area contributed by atoms with Gasteiger partial charge < -0.3 is 5.32 Å². The van der Waals surface area contributed by atoms with Gasteiger partial charge in [-0.2, -0.15) is 0 Å². The van der Waals surface area contributed by atoms with Gasteiger partial charge in [-0.1, -0.05) is 0 Å². The number of benzene rings is 2. The number of nitro benzene ring substituents is 2. The lowest BCUT2D eigenvalue weighted by Gasteiger charge is -2.02. The van der Waals surface area contributed by atoms with Gasteiger partial charge in [0.2, 0.25) is 0 Å². The normalized spacial score (nSPS) is 10.3. The van der Waals surface area contributed by atoms with Crippen molar-refractivity contribution in [3.63, 3.8) is 0 Å². The Morgan fingerprint density at radius 2 is 1.05 bits per heavy atom. The van der Waals surface area contributed by atoms with Gasteiger partial charge in [0.25, 0.3) is 11.4 Å². The van der Waals surface area contributed by atoms with Gasteiger partial charge in [-0.3, -0.25) is 20.2 Å². The standard InChI is InChI=1S/C14H13N3O4/c18-16(19)13-5-1-11(2-6-13)9-15-10-12-3-7-14(8-4-12)17(20)21/h1-8,15H,9-10H2/p+1. The van der Waals surface area contributed by atoms with Crippen LogP contribution in [0.15, 0.2) is 48.5 Å². The third-order valence-electron chi connectivity index (χ3n) is 3.05. The van der Waals surface area contributed by atoms with E-state index in [9.17, 15) is 20.2 Å². The topological polar surface area (TPSA) is 103 Å². The Kier molecular flexibility index (Phi) is 4.57. The van der Waals surface area contributed by atoms with Crippen LogP contribution in [0.2, 0.25) is 0 Å². The first kappa shape index (κ1) is 14.6. The second-order valence-corrected chi connectivity index (χ2v) is 4.54. The van der Waals surface area contributed by atoms with Gasteiger partial charge in [0.1, 0.15) is 13.1 Å². The molecular weight excluding hydrogens is 274 g/mol. The van der Waals surface area contributed by atoms with Gasteiger partial charge in [-0.15, -0.1) is 0 Å². The predicted octanol–water partition coefficient (Wildman–Crippen LogP) is 1.77. The van der Waals surface area contributed by atoms with Crippen molar-refractivity contribution < 1.29 is 15.2 Å². The first-order valence-corrected chi connectivity index (χ1v) is 6.34. The fourth-order valence-corrected chi connectivity index (χ4v) is 1.91. The zero-order valence-corrected chi connectivity index (χ0v) is 11.1. The number of nitrogens with zero attached hydrogens (tertiary/aromatic N) is 2. The van der Waals surface area contributed by atoms with Crippen molar-refractivity contribution >= 4 is 11.4 Å². The van der Waals surface area contributed by atoms with Crippen LogP contribution in [-0.2, 0) is 13.1 Å². The molecular formula is C14H14N3O4+. The maximum atomic E-state index is 10.5. The molecule has 0 fully saturated rings.